The summed E-state index contributed by atoms with van der Waals surface area (Å²) in [5, 5.41) is 3.12. The van der Waals surface area contributed by atoms with Crippen molar-refractivity contribution in [2.24, 2.45) is 0 Å². The minimum atomic E-state index is 0.352. The fraction of sp³-hybridized carbons (Fsp3) is 0.400. The van der Waals surface area contributed by atoms with Gasteiger partial charge >= 0.3 is 0 Å². The second kappa shape index (κ2) is 5.73. The van der Waals surface area contributed by atoms with Crippen LogP contribution >= 0.6 is 31.9 Å². The van der Waals surface area contributed by atoms with Crippen molar-refractivity contribution in [2.75, 3.05) is 13.7 Å². The Labute approximate surface area is 101 Å². The van der Waals surface area contributed by atoms with E-state index in [0.717, 1.165) is 14.7 Å². The average molecular weight is 323 g/mol. The zero-order chi connectivity index (χ0) is 10.6. The van der Waals surface area contributed by atoms with Gasteiger partial charge in [-0.3, -0.25) is 0 Å². The Morgan fingerprint density at radius 3 is 2.71 bits per heavy atom. The number of nitrogens with one attached hydrogen (secondary N) is 1. The lowest BCUT2D eigenvalue weighted by molar-refractivity contribution is 0.278. The summed E-state index contributed by atoms with van der Waals surface area (Å²) < 4.78 is 7.62. The Morgan fingerprint density at radius 1 is 1.43 bits per heavy atom. The van der Waals surface area contributed by atoms with Gasteiger partial charge in [0, 0.05) is 10.5 Å². The highest BCUT2D eigenvalue weighted by Gasteiger charge is 2.03. The lowest BCUT2D eigenvalue weighted by Gasteiger charge is -2.13. The van der Waals surface area contributed by atoms with Crippen molar-refractivity contribution in [3.63, 3.8) is 0 Å². The molecule has 1 unspecified atom stereocenters. The molecule has 0 aliphatic rings. The summed E-state index contributed by atoms with van der Waals surface area (Å²) in [7, 11) is 1.92. The molecule has 0 aliphatic heterocycles. The van der Waals surface area contributed by atoms with Crippen LogP contribution in [0.5, 0.6) is 5.75 Å². The van der Waals surface area contributed by atoms with Gasteiger partial charge in [-0.05, 0) is 48.1 Å². The summed E-state index contributed by atoms with van der Waals surface area (Å²) in [4.78, 5) is 0. The van der Waals surface area contributed by atoms with Crippen LogP contribution in [-0.4, -0.2) is 19.7 Å². The number of rotatable bonds is 4. The van der Waals surface area contributed by atoms with Crippen molar-refractivity contribution in [3.8, 4) is 5.75 Å². The highest BCUT2D eigenvalue weighted by Crippen LogP contribution is 2.28. The second-order valence-electron chi connectivity index (χ2n) is 3.08. The normalized spacial score (nSPS) is 12.6. The van der Waals surface area contributed by atoms with E-state index in [0.29, 0.717) is 12.6 Å². The summed E-state index contributed by atoms with van der Waals surface area (Å²) in [6.45, 7) is 2.74. The molecule has 0 spiro atoms. The summed E-state index contributed by atoms with van der Waals surface area (Å²) in [6, 6.07) is 6.23. The first-order valence-electron chi connectivity index (χ1n) is 4.38. The van der Waals surface area contributed by atoms with E-state index in [1.54, 1.807) is 0 Å². The van der Waals surface area contributed by atoms with Crippen LogP contribution in [0.3, 0.4) is 0 Å². The highest BCUT2D eigenvalue weighted by molar-refractivity contribution is 9.11. The third-order valence-electron chi connectivity index (χ3n) is 1.88. The summed E-state index contributed by atoms with van der Waals surface area (Å²) in [5.74, 6) is 0.871. The van der Waals surface area contributed by atoms with Crippen LogP contribution in [0.4, 0.5) is 0 Å². The van der Waals surface area contributed by atoms with Crippen molar-refractivity contribution < 1.29 is 4.74 Å². The molecule has 1 rings (SSSR count). The molecule has 0 fully saturated rings. The van der Waals surface area contributed by atoms with Crippen LogP contribution in [0.2, 0.25) is 0 Å². The van der Waals surface area contributed by atoms with Crippen LogP contribution < -0.4 is 10.1 Å². The van der Waals surface area contributed by atoms with Crippen LogP contribution in [0, 0.1) is 0 Å². The lowest BCUT2D eigenvalue weighted by atomic mass is 10.3. The van der Waals surface area contributed by atoms with Gasteiger partial charge in [0.05, 0.1) is 4.47 Å². The first kappa shape index (κ1) is 12.0. The van der Waals surface area contributed by atoms with Crippen molar-refractivity contribution in [3.05, 3.63) is 27.1 Å². The van der Waals surface area contributed by atoms with E-state index in [2.05, 4.69) is 44.1 Å². The minimum Gasteiger partial charge on any atom is -0.491 e. The van der Waals surface area contributed by atoms with Gasteiger partial charge in [0.2, 0.25) is 0 Å². The lowest BCUT2D eigenvalue weighted by Crippen LogP contribution is -2.28. The Hall–Kier alpha value is -0.0600. The monoisotopic (exact) mass is 321 g/mol. The van der Waals surface area contributed by atoms with Crippen molar-refractivity contribution in [1.82, 2.24) is 5.32 Å². The Morgan fingerprint density at radius 2 is 2.14 bits per heavy atom. The van der Waals surface area contributed by atoms with E-state index >= 15 is 0 Å². The smallest absolute Gasteiger partial charge is 0.133 e. The maximum atomic E-state index is 5.61. The van der Waals surface area contributed by atoms with E-state index in [1.807, 2.05) is 25.2 Å². The van der Waals surface area contributed by atoms with Crippen LogP contribution in [-0.2, 0) is 0 Å². The fourth-order valence-corrected chi connectivity index (χ4v) is 2.05. The molecule has 0 radical (unpaired) electrons. The van der Waals surface area contributed by atoms with E-state index in [9.17, 15) is 0 Å². The molecule has 0 aromatic heterocycles. The predicted molar refractivity (Wildman–Crippen MR) is 65.9 cm³/mol. The fourth-order valence-electron chi connectivity index (χ4n) is 0.890. The van der Waals surface area contributed by atoms with Crippen molar-refractivity contribution in [2.45, 2.75) is 13.0 Å². The molecular weight excluding hydrogens is 310 g/mol. The van der Waals surface area contributed by atoms with E-state index in [-0.39, 0.29) is 0 Å². The molecule has 0 amide bonds. The van der Waals surface area contributed by atoms with Gasteiger partial charge in [0.1, 0.15) is 12.4 Å². The van der Waals surface area contributed by atoms with Gasteiger partial charge < -0.3 is 10.1 Å². The molecule has 1 atom stereocenters. The molecule has 1 aromatic rings. The number of likely N-dealkylation sites (N-methyl/N-ethyl adjacent to an activating group) is 1. The largest absolute Gasteiger partial charge is 0.491 e. The summed E-state index contributed by atoms with van der Waals surface area (Å²) in [6.07, 6.45) is 0. The number of benzene rings is 1. The third-order valence-corrected chi connectivity index (χ3v) is 2.99. The standard InChI is InChI=1S/C10H13Br2NO/c1-7(13-2)6-14-10-4-3-8(11)5-9(10)12/h3-5,7,13H,6H2,1-2H3. The molecule has 14 heavy (non-hydrogen) atoms. The summed E-state index contributed by atoms with van der Waals surface area (Å²) >= 11 is 6.84. The Balaban J connectivity index is 2.59. The van der Waals surface area contributed by atoms with Crippen LogP contribution in [0.15, 0.2) is 27.1 Å². The molecule has 0 saturated carbocycles. The molecule has 1 aromatic carbocycles. The highest BCUT2D eigenvalue weighted by atomic mass is 79.9. The molecule has 0 aliphatic carbocycles. The number of hydrogen-bond acceptors (Lipinski definition) is 2. The van der Waals surface area contributed by atoms with Crippen molar-refractivity contribution in [1.29, 1.82) is 0 Å². The first-order valence-corrected chi connectivity index (χ1v) is 5.97. The topological polar surface area (TPSA) is 21.3 Å². The van der Waals surface area contributed by atoms with Crippen LogP contribution in [0.25, 0.3) is 0 Å². The van der Waals surface area contributed by atoms with Gasteiger partial charge in [-0.15, -0.1) is 0 Å². The molecule has 0 saturated heterocycles. The Kier molecular flexibility index (Phi) is 4.92. The first-order chi connectivity index (χ1) is 6.63. The average Bonchev–Trinajstić information content (AvgIpc) is 2.16. The molecular formula is C10H13Br2NO. The molecule has 0 bridgehead atoms. The van der Waals surface area contributed by atoms with E-state index in [1.165, 1.54) is 0 Å². The minimum absolute atomic E-state index is 0.352. The molecule has 78 valence electrons. The number of halogens is 2. The van der Waals surface area contributed by atoms with E-state index in [4.69, 9.17) is 4.74 Å². The van der Waals surface area contributed by atoms with Gasteiger partial charge in [-0.1, -0.05) is 15.9 Å². The maximum absolute atomic E-state index is 5.61. The third kappa shape index (κ3) is 3.59. The molecule has 0 heterocycles. The second-order valence-corrected chi connectivity index (χ2v) is 4.85. The van der Waals surface area contributed by atoms with Gasteiger partial charge in [-0.25, -0.2) is 0 Å². The van der Waals surface area contributed by atoms with Crippen molar-refractivity contribution >= 4 is 31.9 Å². The van der Waals surface area contributed by atoms with Gasteiger partial charge in [0.15, 0.2) is 0 Å². The van der Waals surface area contributed by atoms with Gasteiger partial charge in [0.25, 0.3) is 0 Å². The van der Waals surface area contributed by atoms with E-state index < -0.39 is 0 Å². The van der Waals surface area contributed by atoms with Gasteiger partial charge in [-0.2, -0.15) is 0 Å². The summed E-state index contributed by atoms with van der Waals surface area (Å²) in [5.41, 5.74) is 0. The Bertz CT molecular complexity index is 304. The quantitative estimate of drug-likeness (QED) is 0.919. The maximum Gasteiger partial charge on any atom is 0.133 e. The number of hydrogen-bond donors (Lipinski definition) is 1. The molecule has 4 heteroatoms. The number of ether oxygens (including phenoxy) is 1. The zero-order valence-electron chi connectivity index (χ0n) is 8.18. The van der Waals surface area contributed by atoms with Crippen LogP contribution in [0.1, 0.15) is 6.92 Å². The molecule has 1 N–H and O–H groups in total. The zero-order valence-corrected chi connectivity index (χ0v) is 11.4. The predicted octanol–water partition coefficient (Wildman–Crippen LogP) is 3.20. The molecule has 2 nitrogen and oxygen atoms in total. The SMILES string of the molecule is CNC(C)COc1ccc(Br)cc1Br.